The Kier molecular flexibility index (Phi) is 6.25. The fraction of sp³-hybridized carbons (Fsp3) is 0.333. The first kappa shape index (κ1) is 15.5. The maximum Gasteiger partial charge on any atom is 0.119 e. The van der Waals surface area contributed by atoms with Crippen molar-refractivity contribution < 1.29 is 9.47 Å². The largest absolute Gasteiger partial charge is 0.497 e. The van der Waals surface area contributed by atoms with Crippen LogP contribution in [-0.2, 0) is 24.4 Å². The molecule has 0 atom stereocenters. The van der Waals surface area contributed by atoms with Gasteiger partial charge in [0.2, 0.25) is 0 Å². The molecule has 0 heterocycles. The molecule has 21 heavy (non-hydrogen) atoms. The van der Waals surface area contributed by atoms with E-state index >= 15 is 0 Å². The van der Waals surface area contributed by atoms with Crippen molar-refractivity contribution >= 4 is 0 Å². The number of ether oxygens (including phenoxy) is 2. The Morgan fingerprint density at radius 1 is 0.952 bits per heavy atom. The van der Waals surface area contributed by atoms with Crippen molar-refractivity contribution in [2.75, 3.05) is 20.7 Å². The molecule has 3 heteroatoms. The molecule has 1 N–H and O–H groups in total. The van der Waals surface area contributed by atoms with Crippen LogP contribution in [0.5, 0.6) is 5.75 Å². The Morgan fingerprint density at radius 2 is 1.76 bits per heavy atom. The van der Waals surface area contributed by atoms with E-state index in [4.69, 9.17) is 9.47 Å². The first-order chi connectivity index (χ1) is 10.3. The molecule has 2 aromatic rings. The fourth-order valence-electron chi connectivity index (χ4n) is 2.24. The molecule has 0 aliphatic carbocycles. The first-order valence-electron chi connectivity index (χ1n) is 7.25. The van der Waals surface area contributed by atoms with E-state index in [-0.39, 0.29) is 0 Å². The van der Waals surface area contributed by atoms with Crippen molar-refractivity contribution in [3.63, 3.8) is 0 Å². The zero-order chi connectivity index (χ0) is 14.9. The highest BCUT2D eigenvalue weighted by Gasteiger charge is 2.02. The molecule has 0 bridgehead atoms. The molecular formula is C18H23NO2. The highest BCUT2D eigenvalue weighted by atomic mass is 16.5. The van der Waals surface area contributed by atoms with Crippen LogP contribution in [0, 0.1) is 0 Å². The summed E-state index contributed by atoms with van der Waals surface area (Å²) in [6, 6.07) is 16.4. The van der Waals surface area contributed by atoms with E-state index in [0.29, 0.717) is 13.2 Å². The molecule has 2 rings (SSSR count). The molecule has 0 amide bonds. The summed E-state index contributed by atoms with van der Waals surface area (Å²) in [6.45, 7) is 2.21. The normalized spacial score (nSPS) is 10.6. The maximum atomic E-state index is 5.85. The number of rotatable bonds is 8. The van der Waals surface area contributed by atoms with Crippen LogP contribution in [0.3, 0.4) is 0 Å². The van der Waals surface area contributed by atoms with Crippen LogP contribution in [-0.4, -0.2) is 20.7 Å². The zero-order valence-corrected chi connectivity index (χ0v) is 12.8. The molecular weight excluding hydrogens is 262 g/mol. The number of hydrogen-bond acceptors (Lipinski definition) is 3. The number of likely N-dealkylation sites (N-methyl/N-ethyl adjacent to an activating group) is 1. The average Bonchev–Trinajstić information content (AvgIpc) is 2.54. The van der Waals surface area contributed by atoms with E-state index in [1.165, 1.54) is 11.1 Å². The van der Waals surface area contributed by atoms with Crippen LogP contribution in [0.15, 0.2) is 48.5 Å². The summed E-state index contributed by atoms with van der Waals surface area (Å²) in [4.78, 5) is 0. The van der Waals surface area contributed by atoms with Crippen molar-refractivity contribution in [3.05, 3.63) is 65.2 Å². The third-order valence-electron chi connectivity index (χ3n) is 3.42. The molecule has 0 fully saturated rings. The van der Waals surface area contributed by atoms with Crippen molar-refractivity contribution in [1.29, 1.82) is 0 Å². The van der Waals surface area contributed by atoms with Gasteiger partial charge in [-0.2, -0.15) is 0 Å². The van der Waals surface area contributed by atoms with Crippen LogP contribution in [0.1, 0.15) is 16.7 Å². The number of hydrogen-bond donors (Lipinski definition) is 1. The molecule has 0 aliphatic heterocycles. The summed E-state index contributed by atoms with van der Waals surface area (Å²) >= 11 is 0. The molecule has 0 spiro atoms. The molecule has 0 radical (unpaired) electrons. The minimum absolute atomic E-state index is 0.595. The van der Waals surface area contributed by atoms with E-state index in [1.807, 2.05) is 25.2 Å². The van der Waals surface area contributed by atoms with Crippen LogP contribution < -0.4 is 10.1 Å². The minimum atomic E-state index is 0.595. The fourth-order valence-corrected chi connectivity index (χ4v) is 2.24. The molecule has 0 unspecified atom stereocenters. The van der Waals surface area contributed by atoms with Gasteiger partial charge in [0, 0.05) is 0 Å². The molecule has 0 saturated carbocycles. The van der Waals surface area contributed by atoms with E-state index in [2.05, 4.69) is 35.6 Å². The molecule has 0 saturated heterocycles. The smallest absolute Gasteiger partial charge is 0.119 e. The summed E-state index contributed by atoms with van der Waals surface area (Å²) in [6.07, 6.45) is 1.02. The number of methoxy groups -OCH3 is 1. The third kappa shape index (κ3) is 4.88. The highest BCUT2D eigenvalue weighted by molar-refractivity contribution is 5.28. The van der Waals surface area contributed by atoms with Crippen LogP contribution in [0.2, 0.25) is 0 Å². The second-order valence-corrected chi connectivity index (χ2v) is 4.97. The lowest BCUT2D eigenvalue weighted by molar-refractivity contribution is 0.106. The third-order valence-corrected chi connectivity index (χ3v) is 3.42. The maximum absolute atomic E-state index is 5.85. The molecule has 3 nitrogen and oxygen atoms in total. The Hall–Kier alpha value is -1.84. The summed E-state index contributed by atoms with van der Waals surface area (Å²) in [7, 11) is 3.65. The lowest BCUT2D eigenvalue weighted by Crippen LogP contribution is -2.11. The Morgan fingerprint density at radius 3 is 2.52 bits per heavy atom. The topological polar surface area (TPSA) is 30.5 Å². The van der Waals surface area contributed by atoms with Crippen LogP contribution >= 0.6 is 0 Å². The average molecular weight is 285 g/mol. The van der Waals surface area contributed by atoms with Gasteiger partial charge in [-0.15, -0.1) is 0 Å². The molecule has 0 aliphatic rings. The number of nitrogens with one attached hydrogen (secondary N) is 1. The van der Waals surface area contributed by atoms with E-state index in [0.717, 1.165) is 24.3 Å². The van der Waals surface area contributed by atoms with E-state index < -0.39 is 0 Å². The van der Waals surface area contributed by atoms with Gasteiger partial charge in [0.25, 0.3) is 0 Å². The van der Waals surface area contributed by atoms with Gasteiger partial charge in [0.15, 0.2) is 0 Å². The van der Waals surface area contributed by atoms with Gasteiger partial charge in [-0.25, -0.2) is 0 Å². The predicted octanol–water partition coefficient (Wildman–Crippen LogP) is 3.17. The predicted molar refractivity (Wildman–Crippen MR) is 85.6 cm³/mol. The van der Waals surface area contributed by atoms with Gasteiger partial charge in [0.1, 0.15) is 5.75 Å². The molecule has 2 aromatic carbocycles. The zero-order valence-electron chi connectivity index (χ0n) is 12.8. The molecule has 0 aromatic heterocycles. The van der Waals surface area contributed by atoms with Gasteiger partial charge in [-0.05, 0) is 48.8 Å². The quantitative estimate of drug-likeness (QED) is 0.808. The van der Waals surface area contributed by atoms with Gasteiger partial charge >= 0.3 is 0 Å². The summed E-state index contributed by atoms with van der Waals surface area (Å²) in [5.41, 5.74) is 3.73. The van der Waals surface area contributed by atoms with Gasteiger partial charge < -0.3 is 14.8 Å². The number of benzene rings is 2. The monoisotopic (exact) mass is 285 g/mol. The van der Waals surface area contributed by atoms with Gasteiger partial charge in [-0.1, -0.05) is 36.4 Å². The van der Waals surface area contributed by atoms with Crippen molar-refractivity contribution in [2.24, 2.45) is 0 Å². The van der Waals surface area contributed by atoms with Crippen LogP contribution in [0.4, 0.5) is 0 Å². The lowest BCUT2D eigenvalue weighted by atomic mass is 10.1. The van der Waals surface area contributed by atoms with Crippen molar-refractivity contribution in [3.8, 4) is 5.75 Å². The van der Waals surface area contributed by atoms with E-state index in [1.54, 1.807) is 7.11 Å². The van der Waals surface area contributed by atoms with E-state index in [9.17, 15) is 0 Å². The minimum Gasteiger partial charge on any atom is -0.497 e. The van der Waals surface area contributed by atoms with Crippen LogP contribution in [0.25, 0.3) is 0 Å². The summed E-state index contributed by atoms with van der Waals surface area (Å²) in [5.74, 6) is 0.866. The van der Waals surface area contributed by atoms with Crippen molar-refractivity contribution in [1.82, 2.24) is 5.32 Å². The lowest BCUT2D eigenvalue weighted by Gasteiger charge is -2.10. The highest BCUT2D eigenvalue weighted by Crippen LogP contribution is 2.15. The standard InChI is InChI=1S/C18H23NO2/c1-19-11-10-16-7-3-4-8-17(16)14-21-13-15-6-5-9-18(12-15)20-2/h3-9,12,19H,10-11,13-14H2,1-2H3. The van der Waals surface area contributed by atoms with Crippen molar-refractivity contribution in [2.45, 2.75) is 19.6 Å². The second kappa shape index (κ2) is 8.45. The summed E-state index contributed by atoms with van der Waals surface area (Å²) in [5, 5.41) is 3.18. The molecule has 112 valence electrons. The van der Waals surface area contributed by atoms with Gasteiger partial charge in [0.05, 0.1) is 20.3 Å². The Balaban J connectivity index is 1.90. The Labute approximate surface area is 126 Å². The SMILES string of the molecule is CNCCc1ccccc1COCc1cccc(OC)c1. The Bertz CT molecular complexity index is 554. The summed E-state index contributed by atoms with van der Waals surface area (Å²) < 4.78 is 11.1. The van der Waals surface area contributed by atoms with Gasteiger partial charge in [-0.3, -0.25) is 0 Å². The second-order valence-electron chi connectivity index (χ2n) is 4.97. The first-order valence-corrected chi connectivity index (χ1v) is 7.25.